The van der Waals surface area contributed by atoms with E-state index in [0.29, 0.717) is 10.7 Å². The van der Waals surface area contributed by atoms with Crippen molar-refractivity contribution in [1.82, 2.24) is 9.78 Å². The van der Waals surface area contributed by atoms with Crippen molar-refractivity contribution in [3.63, 3.8) is 0 Å². The van der Waals surface area contributed by atoms with Gasteiger partial charge in [0.05, 0.1) is 11.4 Å². The summed E-state index contributed by atoms with van der Waals surface area (Å²) < 4.78 is 28.5. The molecule has 5 heteroatoms. The Balaban J connectivity index is 0.000000924. The highest BCUT2D eigenvalue weighted by molar-refractivity contribution is 6.30. The fourth-order valence-electron chi connectivity index (χ4n) is 2.19. The van der Waals surface area contributed by atoms with Crippen LogP contribution in [0, 0.1) is 11.6 Å². The Morgan fingerprint density at radius 1 is 0.957 bits per heavy atom. The van der Waals surface area contributed by atoms with Crippen LogP contribution in [-0.2, 0) is 7.05 Å². The van der Waals surface area contributed by atoms with Crippen LogP contribution in [-0.4, -0.2) is 9.78 Å². The highest BCUT2D eigenvalue weighted by Gasteiger charge is 2.13. The third-order valence-electron chi connectivity index (χ3n) is 3.23. The average molecular weight is 335 g/mol. The summed E-state index contributed by atoms with van der Waals surface area (Å²) in [6.07, 6.45) is 0. The molecule has 0 spiro atoms. The largest absolute Gasteiger partial charge is 0.267 e. The molecule has 0 atom stereocenters. The van der Waals surface area contributed by atoms with Crippen LogP contribution in [0.4, 0.5) is 8.78 Å². The van der Waals surface area contributed by atoms with E-state index in [4.69, 9.17) is 11.6 Å². The van der Waals surface area contributed by atoms with Crippen LogP contribution < -0.4 is 0 Å². The fourth-order valence-corrected chi connectivity index (χ4v) is 2.31. The number of hydrogen-bond acceptors (Lipinski definition) is 1. The first kappa shape index (κ1) is 17.2. The van der Waals surface area contributed by atoms with Crippen LogP contribution >= 0.6 is 11.6 Å². The maximum absolute atomic E-state index is 13.8. The lowest BCUT2D eigenvalue weighted by atomic mass is 10.1. The number of aryl methyl sites for hydroxylation is 1. The van der Waals surface area contributed by atoms with Crippen molar-refractivity contribution in [2.24, 2.45) is 7.05 Å². The summed E-state index contributed by atoms with van der Waals surface area (Å²) in [6, 6.07) is 12.5. The first-order chi connectivity index (χ1) is 11.0. The van der Waals surface area contributed by atoms with Gasteiger partial charge in [-0.25, -0.2) is 8.78 Å². The molecule has 0 saturated heterocycles. The molecule has 0 N–H and O–H groups in total. The lowest BCUT2D eigenvalue weighted by Gasteiger charge is -2.00. The molecule has 0 bridgehead atoms. The summed E-state index contributed by atoms with van der Waals surface area (Å²) >= 11 is 5.87. The van der Waals surface area contributed by atoms with Crippen molar-refractivity contribution in [2.75, 3.05) is 0 Å². The van der Waals surface area contributed by atoms with E-state index < -0.39 is 11.6 Å². The number of hydrogen-bond donors (Lipinski definition) is 0. The minimum atomic E-state index is -0.629. The molecule has 1 aromatic heterocycles. The highest BCUT2D eigenvalue weighted by Crippen LogP contribution is 2.28. The molecule has 0 unspecified atom stereocenters. The van der Waals surface area contributed by atoms with E-state index >= 15 is 0 Å². The minimum absolute atomic E-state index is 0.271. The van der Waals surface area contributed by atoms with Gasteiger partial charge in [0.1, 0.15) is 11.6 Å². The molecule has 2 nitrogen and oxygen atoms in total. The zero-order chi connectivity index (χ0) is 17.0. The van der Waals surface area contributed by atoms with Crippen molar-refractivity contribution < 1.29 is 8.78 Å². The zero-order valence-corrected chi connectivity index (χ0v) is 13.9. The monoisotopic (exact) mass is 334 g/mol. The molecule has 120 valence electrons. The first-order valence-corrected chi connectivity index (χ1v) is 7.68. The van der Waals surface area contributed by atoms with E-state index in [0.717, 1.165) is 17.3 Å². The molecule has 3 aromatic rings. The summed E-state index contributed by atoms with van der Waals surface area (Å²) in [5.41, 5.74) is 2.47. The summed E-state index contributed by atoms with van der Waals surface area (Å²) in [4.78, 5) is 0. The molecule has 0 aliphatic rings. The number of halogens is 3. The van der Waals surface area contributed by atoms with Crippen LogP contribution in [0.15, 0.2) is 48.5 Å². The number of benzene rings is 2. The first-order valence-electron chi connectivity index (χ1n) is 7.30. The van der Waals surface area contributed by atoms with Crippen molar-refractivity contribution in [3.05, 3.63) is 65.2 Å². The Morgan fingerprint density at radius 2 is 1.61 bits per heavy atom. The van der Waals surface area contributed by atoms with Crippen molar-refractivity contribution in [1.29, 1.82) is 0 Å². The molecule has 1 heterocycles. The van der Waals surface area contributed by atoms with Gasteiger partial charge in [0, 0.05) is 23.7 Å². The van der Waals surface area contributed by atoms with Gasteiger partial charge in [-0.15, -0.1) is 0 Å². The van der Waals surface area contributed by atoms with E-state index in [9.17, 15) is 8.78 Å². The van der Waals surface area contributed by atoms with Gasteiger partial charge in [-0.05, 0) is 35.9 Å². The number of aromatic nitrogens is 2. The molecule has 2 aromatic carbocycles. The van der Waals surface area contributed by atoms with Crippen LogP contribution in [0.25, 0.3) is 22.5 Å². The second kappa shape index (κ2) is 7.38. The molecule has 0 aliphatic carbocycles. The van der Waals surface area contributed by atoms with E-state index in [-0.39, 0.29) is 5.56 Å². The lowest BCUT2D eigenvalue weighted by molar-refractivity contribution is 0.585. The molecule has 0 fully saturated rings. The number of nitrogens with zero attached hydrogens (tertiary/aromatic N) is 2. The fraction of sp³-hybridized carbons (Fsp3) is 0.167. The Hall–Kier alpha value is -2.20. The molecule has 0 amide bonds. The molecular weight excluding hydrogens is 318 g/mol. The molecule has 3 rings (SSSR count). The Morgan fingerprint density at radius 3 is 2.22 bits per heavy atom. The summed E-state index contributed by atoms with van der Waals surface area (Å²) in [5, 5.41) is 4.94. The minimum Gasteiger partial charge on any atom is -0.267 e. The van der Waals surface area contributed by atoms with Gasteiger partial charge in [0.25, 0.3) is 0 Å². The maximum Gasteiger partial charge on any atom is 0.135 e. The third kappa shape index (κ3) is 3.77. The standard InChI is InChI=1S/C16H11ClF2N2.C2H6/c1-21-16(10-2-4-11(17)5-3-10)9-15(20-21)13-7-6-12(18)8-14(13)19;1-2/h2-9H,1H3;1-2H3. The van der Waals surface area contributed by atoms with E-state index in [1.165, 1.54) is 12.1 Å². The Labute approximate surface area is 139 Å². The Bertz CT molecular complexity index is 795. The summed E-state index contributed by atoms with van der Waals surface area (Å²) in [6.45, 7) is 4.00. The molecule has 0 radical (unpaired) electrons. The van der Waals surface area contributed by atoms with Crippen molar-refractivity contribution in [3.8, 4) is 22.5 Å². The molecule has 0 aliphatic heterocycles. The normalized spacial score (nSPS) is 10.2. The zero-order valence-electron chi connectivity index (χ0n) is 13.1. The summed E-state index contributed by atoms with van der Waals surface area (Å²) in [5.74, 6) is -1.24. The quantitative estimate of drug-likeness (QED) is 0.586. The summed E-state index contributed by atoms with van der Waals surface area (Å²) in [7, 11) is 1.77. The van der Waals surface area contributed by atoms with E-state index in [1.54, 1.807) is 29.9 Å². The predicted octanol–water partition coefficient (Wildman–Crippen LogP) is 5.71. The van der Waals surface area contributed by atoms with Crippen LogP contribution in [0.5, 0.6) is 0 Å². The SMILES string of the molecule is CC.Cn1nc(-c2ccc(F)cc2F)cc1-c1ccc(Cl)cc1. The van der Waals surface area contributed by atoms with Gasteiger partial charge in [0.2, 0.25) is 0 Å². The number of rotatable bonds is 2. The topological polar surface area (TPSA) is 17.8 Å². The second-order valence-electron chi connectivity index (χ2n) is 4.67. The van der Waals surface area contributed by atoms with Gasteiger partial charge in [-0.1, -0.05) is 37.6 Å². The maximum atomic E-state index is 13.8. The Kier molecular flexibility index (Phi) is 5.50. The smallest absolute Gasteiger partial charge is 0.135 e. The van der Waals surface area contributed by atoms with Gasteiger partial charge >= 0.3 is 0 Å². The van der Waals surface area contributed by atoms with Gasteiger partial charge in [-0.2, -0.15) is 5.10 Å². The molecule has 0 saturated carbocycles. The second-order valence-corrected chi connectivity index (χ2v) is 5.11. The highest BCUT2D eigenvalue weighted by atomic mass is 35.5. The average Bonchev–Trinajstić information content (AvgIpc) is 2.92. The van der Waals surface area contributed by atoms with Gasteiger partial charge in [0.15, 0.2) is 0 Å². The van der Waals surface area contributed by atoms with Gasteiger partial charge in [-0.3, -0.25) is 4.68 Å². The van der Waals surface area contributed by atoms with E-state index in [2.05, 4.69) is 5.10 Å². The van der Waals surface area contributed by atoms with Crippen LogP contribution in [0.2, 0.25) is 5.02 Å². The van der Waals surface area contributed by atoms with Crippen molar-refractivity contribution >= 4 is 11.6 Å². The molecule has 23 heavy (non-hydrogen) atoms. The van der Waals surface area contributed by atoms with Gasteiger partial charge < -0.3 is 0 Å². The third-order valence-corrected chi connectivity index (χ3v) is 3.48. The van der Waals surface area contributed by atoms with Crippen LogP contribution in [0.1, 0.15) is 13.8 Å². The van der Waals surface area contributed by atoms with Crippen molar-refractivity contribution in [2.45, 2.75) is 13.8 Å². The predicted molar refractivity (Wildman–Crippen MR) is 90.4 cm³/mol. The lowest BCUT2D eigenvalue weighted by Crippen LogP contribution is -1.94. The van der Waals surface area contributed by atoms with E-state index in [1.807, 2.05) is 26.0 Å². The van der Waals surface area contributed by atoms with Crippen LogP contribution in [0.3, 0.4) is 0 Å². The molecular formula is C18H17ClF2N2.